The summed E-state index contributed by atoms with van der Waals surface area (Å²) in [7, 11) is 0. The molecule has 2 rings (SSSR count). The highest BCUT2D eigenvalue weighted by molar-refractivity contribution is 5.61. The van der Waals surface area contributed by atoms with Crippen LogP contribution >= 0.6 is 0 Å². The van der Waals surface area contributed by atoms with Gasteiger partial charge in [-0.3, -0.25) is 0 Å². The molecule has 2 unspecified atom stereocenters. The third-order valence-electron chi connectivity index (χ3n) is 2.17. The molecule has 0 radical (unpaired) electrons. The Morgan fingerprint density at radius 3 is 3.07 bits per heavy atom. The first-order valence-corrected chi connectivity index (χ1v) is 4.36. The van der Waals surface area contributed by atoms with Crippen LogP contribution in [0.3, 0.4) is 0 Å². The molecule has 2 atom stereocenters. The van der Waals surface area contributed by atoms with Crippen LogP contribution in [0.2, 0.25) is 0 Å². The van der Waals surface area contributed by atoms with Crippen molar-refractivity contribution in [3.63, 3.8) is 0 Å². The minimum absolute atomic E-state index is 0.282. The molecule has 4 nitrogen and oxygen atoms in total. The number of fused-ring (bicyclic) bond motifs is 1. The van der Waals surface area contributed by atoms with Crippen molar-refractivity contribution < 1.29 is 9.84 Å². The lowest BCUT2D eigenvalue weighted by molar-refractivity contribution is 0.0569. The first-order chi connectivity index (χ1) is 6.70. The Kier molecular flexibility index (Phi) is 2.02. The van der Waals surface area contributed by atoms with E-state index in [0.29, 0.717) is 17.0 Å². The molecular weight excluding hydrogens is 180 g/mol. The van der Waals surface area contributed by atoms with Gasteiger partial charge in [0.2, 0.25) is 0 Å². The fraction of sp³-hybridized carbons (Fsp3) is 0.300. The number of nitrogens with one attached hydrogen (secondary N) is 1. The maximum absolute atomic E-state index is 9.47. The van der Waals surface area contributed by atoms with Gasteiger partial charge in [0, 0.05) is 0 Å². The van der Waals surface area contributed by atoms with Gasteiger partial charge in [0.25, 0.3) is 0 Å². The molecule has 1 aliphatic heterocycles. The van der Waals surface area contributed by atoms with E-state index in [2.05, 4.69) is 5.32 Å². The van der Waals surface area contributed by atoms with Gasteiger partial charge < -0.3 is 15.2 Å². The molecule has 0 aliphatic carbocycles. The van der Waals surface area contributed by atoms with E-state index in [1.54, 1.807) is 25.1 Å². The van der Waals surface area contributed by atoms with E-state index in [9.17, 15) is 5.11 Å². The SMILES string of the molecule is CC1Oc2ccc(C#N)cc2NC1O. The van der Waals surface area contributed by atoms with Crippen LogP contribution in [0.4, 0.5) is 5.69 Å². The van der Waals surface area contributed by atoms with Crippen molar-refractivity contribution in [2.45, 2.75) is 19.3 Å². The summed E-state index contributed by atoms with van der Waals surface area (Å²) in [5.41, 5.74) is 1.20. The van der Waals surface area contributed by atoms with Crippen molar-refractivity contribution in [1.29, 1.82) is 5.26 Å². The van der Waals surface area contributed by atoms with Crippen molar-refractivity contribution >= 4 is 5.69 Å². The van der Waals surface area contributed by atoms with E-state index in [4.69, 9.17) is 10.00 Å². The predicted octanol–water partition coefficient (Wildman–Crippen LogP) is 1.07. The molecule has 0 spiro atoms. The number of nitriles is 1. The lowest BCUT2D eigenvalue weighted by Crippen LogP contribution is -2.39. The molecule has 1 aromatic carbocycles. The number of nitrogens with zero attached hydrogens (tertiary/aromatic N) is 1. The number of aliphatic hydroxyl groups excluding tert-OH is 1. The Labute approximate surface area is 81.7 Å². The zero-order chi connectivity index (χ0) is 10.1. The first-order valence-electron chi connectivity index (χ1n) is 4.36. The molecule has 0 amide bonds. The number of rotatable bonds is 0. The molecule has 0 fully saturated rings. The predicted molar refractivity (Wildman–Crippen MR) is 50.9 cm³/mol. The summed E-state index contributed by atoms with van der Waals surface area (Å²) in [6, 6.07) is 7.09. The van der Waals surface area contributed by atoms with Gasteiger partial charge in [-0.05, 0) is 25.1 Å². The Morgan fingerprint density at radius 1 is 1.57 bits per heavy atom. The number of benzene rings is 1. The number of hydrogen-bond acceptors (Lipinski definition) is 4. The lowest BCUT2D eigenvalue weighted by Gasteiger charge is -2.29. The quantitative estimate of drug-likeness (QED) is 0.642. The van der Waals surface area contributed by atoms with Crippen LogP contribution in [-0.4, -0.2) is 17.4 Å². The maximum atomic E-state index is 9.47. The largest absolute Gasteiger partial charge is 0.484 e. The van der Waals surface area contributed by atoms with Crippen LogP contribution in [0.5, 0.6) is 5.75 Å². The maximum Gasteiger partial charge on any atom is 0.161 e. The van der Waals surface area contributed by atoms with Gasteiger partial charge in [-0.1, -0.05) is 0 Å². The first kappa shape index (κ1) is 8.85. The van der Waals surface area contributed by atoms with Gasteiger partial charge in [0.05, 0.1) is 17.3 Å². The van der Waals surface area contributed by atoms with Gasteiger partial charge in [0.1, 0.15) is 11.9 Å². The van der Waals surface area contributed by atoms with Crippen molar-refractivity contribution in [3.8, 4) is 11.8 Å². The summed E-state index contributed by atoms with van der Waals surface area (Å²) in [6.07, 6.45) is -1.01. The molecule has 2 N–H and O–H groups in total. The zero-order valence-electron chi connectivity index (χ0n) is 7.69. The van der Waals surface area contributed by atoms with E-state index >= 15 is 0 Å². The Bertz CT molecular complexity index is 398. The summed E-state index contributed by atoms with van der Waals surface area (Å²) >= 11 is 0. The summed E-state index contributed by atoms with van der Waals surface area (Å²) in [5.74, 6) is 0.668. The van der Waals surface area contributed by atoms with Gasteiger partial charge in [-0.2, -0.15) is 5.26 Å². The average molecular weight is 190 g/mol. The Balaban J connectivity index is 2.39. The van der Waals surface area contributed by atoms with Gasteiger partial charge in [0.15, 0.2) is 6.23 Å². The van der Waals surface area contributed by atoms with Crippen LogP contribution < -0.4 is 10.1 Å². The van der Waals surface area contributed by atoms with Crippen molar-refractivity contribution in [1.82, 2.24) is 0 Å². The van der Waals surface area contributed by atoms with Crippen LogP contribution in [0.25, 0.3) is 0 Å². The molecule has 1 aliphatic rings. The van der Waals surface area contributed by atoms with Crippen molar-refractivity contribution in [2.75, 3.05) is 5.32 Å². The van der Waals surface area contributed by atoms with Crippen LogP contribution in [0, 0.1) is 11.3 Å². The molecule has 0 saturated heterocycles. The standard InChI is InChI=1S/C10H10N2O2/c1-6-10(13)12-8-4-7(5-11)2-3-9(8)14-6/h2-4,6,10,12-13H,1H3. The highest BCUT2D eigenvalue weighted by atomic mass is 16.5. The van der Waals surface area contributed by atoms with E-state index in [0.717, 1.165) is 0 Å². The molecular formula is C10H10N2O2. The van der Waals surface area contributed by atoms with E-state index in [1.807, 2.05) is 6.07 Å². The molecule has 4 heteroatoms. The lowest BCUT2D eigenvalue weighted by atomic mass is 10.1. The van der Waals surface area contributed by atoms with E-state index < -0.39 is 6.23 Å². The van der Waals surface area contributed by atoms with Crippen molar-refractivity contribution in [2.24, 2.45) is 0 Å². The van der Waals surface area contributed by atoms with Crippen LogP contribution in [0.15, 0.2) is 18.2 Å². The second kappa shape index (κ2) is 3.20. The van der Waals surface area contributed by atoms with Gasteiger partial charge >= 0.3 is 0 Å². The fourth-order valence-electron chi connectivity index (χ4n) is 1.36. The monoisotopic (exact) mass is 190 g/mol. The number of anilines is 1. The molecule has 0 saturated carbocycles. The Hall–Kier alpha value is -1.73. The smallest absolute Gasteiger partial charge is 0.161 e. The third kappa shape index (κ3) is 1.38. The molecule has 1 heterocycles. The molecule has 0 aromatic heterocycles. The minimum Gasteiger partial charge on any atom is -0.484 e. The van der Waals surface area contributed by atoms with Crippen molar-refractivity contribution in [3.05, 3.63) is 23.8 Å². The summed E-state index contributed by atoms with van der Waals surface area (Å²) < 4.78 is 5.42. The Morgan fingerprint density at radius 2 is 2.36 bits per heavy atom. The number of aliphatic hydroxyl groups is 1. The summed E-state index contributed by atoms with van der Waals surface area (Å²) in [6.45, 7) is 1.78. The third-order valence-corrected chi connectivity index (χ3v) is 2.17. The number of hydrogen-bond donors (Lipinski definition) is 2. The zero-order valence-corrected chi connectivity index (χ0v) is 7.69. The molecule has 72 valence electrons. The fourth-order valence-corrected chi connectivity index (χ4v) is 1.36. The number of ether oxygens (including phenoxy) is 1. The van der Waals surface area contributed by atoms with Crippen LogP contribution in [0.1, 0.15) is 12.5 Å². The molecule has 1 aromatic rings. The summed E-state index contributed by atoms with van der Waals surface area (Å²) in [5, 5.41) is 21.0. The van der Waals surface area contributed by atoms with E-state index in [-0.39, 0.29) is 6.10 Å². The second-order valence-corrected chi connectivity index (χ2v) is 3.23. The topological polar surface area (TPSA) is 65.3 Å². The normalized spacial score (nSPS) is 24.1. The minimum atomic E-state index is -0.726. The average Bonchev–Trinajstić information content (AvgIpc) is 2.19. The highest BCUT2D eigenvalue weighted by Crippen LogP contribution is 2.31. The van der Waals surface area contributed by atoms with Gasteiger partial charge in [-0.15, -0.1) is 0 Å². The summed E-state index contributed by atoms with van der Waals surface area (Å²) in [4.78, 5) is 0. The van der Waals surface area contributed by atoms with Gasteiger partial charge in [-0.25, -0.2) is 0 Å². The second-order valence-electron chi connectivity index (χ2n) is 3.23. The molecule has 0 bridgehead atoms. The molecule has 14 heavy (non-hydrogen) atoms. The van der Waals surface area contributed by atoms with Crippen LogP contribution in [-0.2, 0) is 0 Å². The highest BCUT2D eigenvalue weighted by Gasteiger charge is 2.23. The van der Waals surface area contributed by atoms with E-state index in [1.165, 1.54) is 0 Å².